The van der Waals surface area contributed by atoms with E-state index in [2.05, 4.69) is 31.8 Å². The van der Waals surface area contributed by atoms with E-state index in [0.717, 1.165) is 63.1 Å². The summed E-state index contributed by atoms with van der Waals surface area (Å²) in [5, 5.41) is 2.99. The predicted octanol–water partition coefficient (Wildman–Crippen LogP) is 4.39. The molecular weight excluding hydrogens is 523 g/mol. The summed E-state index contributed by atoms with van der Waals surface area (Å²) in [6.45, 7) is 8.00. The van der Waals surface area contributed by atoms with Crippen LogP contribution >= 0.6 is 0 Å². The van der Waals surface area contributed by atoms with Crippen molar-refractivity contribution in [3.8, 4) is 5.75 Å². The number of likely N-dealkylation sites (tertiary alicyclic amines) is 1. The van der Waals surface area contributed by atoms with Crippen molar-refractivity contribution >= 4 is 17.5 Å². The average Bonchev–Trinajstić information content (AvgIpc) is 3.76. The van der Waals surface area contributed by atoms with Gasteiger partial charge in [-0.3, -0.25) is 14.5 Å². The van der Waals surface area contributed by atoms with Crippen LogP contribution in [0.2, 0.25) is 0 Å². The highest BCUT2D eigenvalue weighted by atomic mass is 19.4. The van der Waals surface area contributed by atoms with Gasteiger partial charge in [0.2, 0.25) is 0 Å². The van der Waals surface area contributed by atoms with Gasteiger partial charge in [-0.2, -0.15) is 0 Å². The Hall–Kier alpha value is -3.34. The summed E-state index contributed by atoms with van der Waals surface area (Å²) in [7, 11) is 0. The summed E-state index contributed by atoms with van der Waals surface area (Å²) >= 11 is 0. The molecule has 0 bridgehead atoms. The highest BCUT2D eigenvalue weighted by Gasteiger charge is 2.35. The lowest BCUT2D eigenvalue weighted by Crippen LogP contribution is -2.58. The summed E-state index contributed by atoms with van der Waals surface area (Å²) in [4.78, 5) is 36.7. The number of benzene rings is 1. The van der Waals surface area contributed by atoms with Crippen molar-refractivity contribution in [1.82, 2.24) is 20.1 Å². The quantitative estimate of drug-likeness (QED) is 0.543. The second-order valence-electron chi connectivity index (χ2n) is 10.9. The van der Waals surface area contributed by atoms with Gasteiger partial charge in [-0.15, -0.1) is 13.2 Å². The number of piperidine rings is 1. The molecule has 2 aromatic rings. The van der Waals surface area contributed by atoms with E-state index in [9.17, 15) is 22.8 Å². The van der Waals surface area contributed by atoms with Crippen LogP contribution in [-0.4, -0.2) is 83.8 Å². The monoisotopic (exact) mass is 559 g/mol. The third-order valence-corrected chi connectivity index (χ3v) is 8.10. The Labute approximate surface area is 232 Å². The Morgan fingerprint density at radius 2 is 1.70 bits per heavy atom. The number of amides is 2. The summed E-state index contributed by atoms with van der Waals surface area (Å²) < 4.78 is 41.2. The van der Waals surface area contributed by atoms with Crippen LogP contribution in [0, 0.1) is 6.92 Å². The molecule has 1 aromatic carbocycles. The number of aryl methyl sites for hydroxylation is 1. The zero-order chi connectivity index (χ0) is 28.4. The molecule has 40 heavy (non-hydrogen) atoms. The summed E-state index contributed by atoms with van der Waals surface area (Å²) in [5.41, 5.74) is 2.74. The third kappa shape index (κ3) is 6.68. The maximum Gasteiger partial charge on any atom is 0.573 e. The molecule has 0 unspecified atom stereocenters. The number of halogens is 3. The standard InChI is InChI=1S/C29H36F3N5O3/c1-3-22-18-36(26-11-10-25(33-19(26)2)27(38)34-21-6-7-21)16-17-37(22)23-12-14-35(15-13-23)28(39)20-4-8-24(9-5-20)40-29(30,31)32/h4-5,8-11,21-23H,3,6-7,12-18H2,1-2H3,(H,34,38)/t22-/m0/s1. The predicted molar refractivity (Wildman–Crippen MR) is 145 cm³/mol. The molecule has 5 rings (SSSR count). The first-order chi connectivity index (χ1) is 19.1. The largest absolute Gasteiger partial charge is 0.573 e. The molecule has 3 aliphatic rings. The van der Waals surface area contributed by atoms with Crippen LogP contribution in [-0.2, 0) is 0 Å². The van der Waals surface area contributed by atoms with Gasteiger partial charge in [0, 0.05) is 56.4 Å². The SMILES string of the molecule is CC[C@H]1CN(c2ccc(C(=O)NC3CC3)nc2C)CCN1C1CCN(C(=O)c2ccc(OC(F)(F)F)cc2)CC1. The van der Waals surface area contributed by atoms with Crippen LogP contribution in [0.1, 0.15) is 65.6 Å². The van der Waals surface area contributed by atoms with Gasteiger partial charge >= 0.3 is 6.36 Å². The van der Waals surface area contributed by atoms with Crippen LogP contribution < -0.4 is 15.0 Å². The number of anilines is 1. The first-order valence-electron chi connectivity index (χ1n) is 14.1. The number of rotatable bonds is 7. The molecule has 1 aromatic heterocycles. The van der Waals surface area contributed by atoms with Crippen LogP contribution in [0.3, 0.4) is 0 Å². The molecule has 2 aliphatic heterocycles. The normalized spacial score (nSPS) is 20.9. The van der Waals surface area contributed by atoms with Gasteiger partial charge in [-0.1, -0.05) is 6.92 Å². The van der Waals surface area contributed by atoms with E-state index < -0.39 is 6.36 Å². The fourth-order valence-electron chi connectivity index (χ4n) is 5.82. The molecule has 11 heteroatoms. The maximum absolute atomic E-state index is 13.0. The second kappa shape index (κ2) is 11.6. The number of hydrogen-bond donors (Lipinski definition) is 1. The van der Waals surface area contributed by atoms with Gasteiger partial charge in [0.05, 0.1) is 11.4 Å². The van der Waals surface area contributed by atoms with E-state index in [4.69, 9.17) is 0 Å². The Bertz CT molecular complexity index is 1210. The Kier molecular flexibility index (Phi) is 8.21. The number of pyridine rings is 1. The summed E-state index contributed by atoms with van der Waals surface area (Å²) in [6, 6.07) is 9.96. The third-order valence-electron chi connectivity index (χ3n) is 8.10. The summed E-state index contributed by atoms with van der Waals surface area (Å²) in [5.74, 6) is -0.620. The van der Waals surface area contributed by atoms with Crippen molar-refractivity contribution in [2.75, 3.05) is 37.6 Å². The minimum atomic E-state index is -4.76. The minimum absolute atomic E-state index is 0.106. The van der Waals surface area contributed by atoms with Crippen LogP contribution in [0.5, 0.6) is 5.75 Å². The zero-order valence-electron chi connectivity index (χ0n) is 22.9. The van der Waals surface area contributed by atoms with E-state index >= 15 is 0 Å². The van der Waals surface area contributed by atoms with Gasteiger partial charge in [0.15, 0.2) is 0 Å². The number of piperazine rings is 1. The van der Waals surface area contributed by atoms with Gasteiger partial charge in [0.1, 0.15) is 11.4 Å². The molecule has 3 fully saturated rings. The van der Waals surface area contributed by atoms with Crippen molar-refractivity contribution in [2.45, 2.75) is 70.4 Å². The number of alkyl halides is 3. The molecule has 1 aliphatic carbocycles. The highest BCUT2D eigenvalue weighted by Crippen LogP contribution is 2.29. The first-order valence-corrected chi connectivity index (χ1v) is 14.1. The number of nitrogens with zero attached hydrogens (tertiary/aromatic N) is 4. The van der Waals surface area contributed by atoms with Crippen molar-refractivity contribution in [2.24, 2.45) is 0 Å². The van der Waals surface area contributed by atoms with E-state index in [1.165, 1.54) is 24.3 Å². The van der Waals surface area contributed by atoms with E-state index in [-0.39, 0.29) is 17.6 Å². The Morgan fingerprint density at radius 3 is 2.30 bits per heavy atom. The van der Waals surface area contributed by atoms with Crippen LogP contribution in [0.4, 0.5) is 18.9 Å². The number of ether oxygens (including phenoxy) is 1. The molecular formula is C29H36F3N5O3. The van der Waals surface area contributed by atoms with Gasteiger partial charge in [-0.25, -0.2) is 4.98 Å². The molecule has 216 valence electrons. The van der Waals surface area contributed by atoms with Crippen molar-refractivity contribution < 1.29 is 27.5 Å². The van der Waals surface area contributed by atoms with Crippen LogP contribution in [0.25, 0.3) is 0 Å². The number of carbonyl (C=O) groups excluding carboxylic acids is 2. The number of nitrogens with one attached hydrogen (secondary N) is 1. The van der Waals surface area contributed by atoms with Gasteiger partial charge < -0.3 is 19.9 Å². The molecule has 1 atom stereocenters. The zero-order valence-corrected chi connectivity index (χ0v) is 22.9. The number of hydrogen-bond acceptors (Lipinski definition) is 6. The second-order valence-corrected chi connectivity index (χ2v) is 10.9. The molecule has 0 spiro atoms. The molecule has 1 N–H and O–H groups in total. The van der Waals surface area contributed by atoms with Gasteiger partial charge in [0.25, 0.3) is 11.8 Å². The van der Waals surface area contributed by atoms with Crippen LogP contribution in [0.15, 0.2) is 36.4 Å². The van der Waals surface area contributed by atoms with Crippen molar-refractivity contribution in [1.29, 1.82) is 0 Å². The average molecular weight is 560 g/mol. The molecule has 2 amide bonds. The maximum atomic E-state index is 13.0. The fourth-order valence-corrected chi connectivity index (χ4v) is 5.82. The first kappa shape index (κ1) is 28.2. The van der Waals surface area contributed by atoms with Gasteiger partial charge in [-0.05, 0) is 75.4 Å². The van der Waals surface area contributed by atoms with Crippen molar-refractivity contribution in [3.63, 3.8) is 0 Å². The van der Waals surface area contributed by atoms with E-state index in [0.29, 0.717) is 42.5 Å². The fraction of sp³-hybridized carbons (Fsp3) is 0.552. The molecule has 8 nitrogen and oxygen atoms in total. The lowest BCUT2D eigenvalue weighted by atomic mass is 9.97. The topological polar surface area (TPSA) is 78.0 Å². The smallest absolute Gasteiger partial charge is 0.406 e. The minimum Gasteiger partial charge on any atom is -0.406 e. The highest BCUT2D eigenvalue weighted by molar-refractivity contribution is 5.94. The molecule has 1 saturated carbocycles. The Morgan fingerprint density at radius 1 is 1.00 bits per heavy atom. The van der Waals surface area contributed by atoms with Crippen molar-refractivity contribution in [3.05, 3.63) is 53.3 Å². The molecule has 3 heterocycles. The molecule has 2 saturated heterocycles. The summed E-state index contributed by atoms with van der Waals surface area (Å²) in [6.07, 6.45) is 0.0164. The van der Waals surface area contributed by atoms with E-state index in [1.54, 1.807) is 4.90 Å². The Balaban J connectivity index is 1.15. The number of carbonyl (C=O) groups is 2. The van der Waals surface area contributed by atoms with E-state index in [1.807, 2.05) is 19.1 Å². The number of aromatic nitrogens is 1. The molecule has 0 radical (unpaired) electrons. The lowest BCUT2D eigenvalue weighted by molar-refractivity contribution is -0.274. The lowest BCUT2D eigenvalue weighted by Gasteiger charge is -2.48.